The molecule has 0 radical (unpaired) electrons. The van der Waals surface area contributed by atoms with Gasteiger partial charge in [-0.25, -0.2) is 0 Å². The molecule has 2 heteroatoms. The van der Waals surface area contributed by atoms with E-state index in [-0.39, 0.29) is 0 Å². The fourth-order valence-corrected chi connectivity index (χ4v) is 3.69. The Hall–Kier alpha value is -0.561. The van der Waals surface area contributed by atoms with Crippen molar-refractivity contribution in [3.63, 3.8) is 0 Å². The van der Waals surface area contributed by atoms with E-state index in [1.807, 2.05) is 6.07 Å². The van der Waals surface area contributed by atoms with Gasteiger partial charge in [0, 0.05) is 0 Å². The van der Waals surface area contributed by atoms with E-state index in [0.717, 1.165) is 0 Å². The number of hydrogen-bond acceptors (Lipinski definition) is 0. The molecule has 0 saturated heterocycles. The van der Waals surface area contributed by atoms with Crippen molar-refractivity contribution in [1.29, 1.82) is 0 Å². The zero-order chi connectivity index (χ0) is 9.80. The average molecular weight is 312 g/mol. The van der Waals surface area contributed by atoms with E-state index < -0.39 is 0 Å². The third-order valence-corrected chi connectivity index (χ3v) is 4.96. The summed E-state index contributed by atoms with van der Waals surface area (Å²) in [4.78, 5) is 0. The SMILES string of the molecule is Br[Se]c1ccccc1-c1ccccc1. The first-order chi connectivity index (χ1) is 6.92. The van der Waals surface area contributed by atoms with Gasteiger partial charge in [-0.05, 0) is 0 Å². The molecule has 2 aromatic rings. The summed E-state index contributed by atoms with van der Waals surface area (Å²) < 4.78 is 1.39. The van der Waals surface area contributed by atoms with Gasteiger partial charge < -0.3 is 0 Å². The van der Waals surface area contributed by atoms with Gasteiger partial charge in [0.15, 0.2) is 0 Å². The van der Waals surface area contributed by atoms with Crippen LogP contribution in [-0.2, 0) is 0 Å². The standard InChI is InChI=1S/C12H9BrSe/c13-14-12-9-5-4-8-11(12)10-6-2-1-3-7-10/h1-9H. The number of hydrogen-bond donors (Lipinski definition) is 0. The van der Waals surface area contributed by atoms with Crippen LogP contribution in [0.5, 0.6) is 0 Å². The summed E-state index contributed by atoms with van der Waals surface area (Å²) in [5, 5.41) is 0. The van der Waals surface area contributed by atoms with E-state index in [1.165, 1.54) is 15.6 Å². The molecule has 2 rings (SSSR count). The van der Waals surface area contributed by atoms with Crippen LogP contribution >= 0.6 is 14.1 Å². The molecular weight excluding hydrogens is 303 g/mol. The summed E-state index contributed by atoms with van der Waals surface area (Å²) in [5.41, 5.74) is 2.63. The molecule has 0 unspecified atom stereocenters. The van der Waals surface area contributed by atoms with Crippen LogP contribution in [-0.4, -0.2) is 13.1 Å². The molecule has 0 N–H and O–H groups in total. The van der Waals surface area contributed by atoms with Gasteiger partial charge in [-0.1, -0.05) is 0 Å². The molecule has 0 spiro atoms. The Labute approximate surface area is 97.2 Å². The summed E-state index contributed by atoms with van der Waals surface area (Å²) in [5.74, 6) is 0. The first-order valence-electron chi connectivity index (χ1n) is 4.35. The Kier molecular flexibility index (Phi) is 3.41. The zero-order valence-corrected chi connectivity index (χ0v) is 10.8. The molecule has 0 aromatic heterocycles. The minimum atomic E-state index is 0.374. The normalized spacial score (nSPS) is 10.1. The Morgan fingerprint density at radius 2 is 1.43 bits per heavy atom. The van der Waals surface area contributed by atoms with E-state index >= 15 is 0 Å². The Morgan fingerprint density at radius 3 is 2.14 bits per heavy atom. The molecule has 0 atom stereocenters. The van der Waals surface area contributed by atoms with Gasteiger partial charge in [0.1, 0.15) is 0 Å². The summed E-state index contributed by atoms with van der Waals surface area (Å²) in [6, 6.07) is 19.0. The van der Waals surface area contributed by atoms with Crippen molar-refractivity contribution in [2.24, 2.45) is 0 Å². The summed E-state index contributed by atoms with van der Waals surface area (Å²) in [6.07, 6.45) is 0. The summed E-state index contributed by atoms with van der Waals surface area (Å²) >= 11 is 3.94. The molecule has 0 nitrogen and oxygen atoms in total. The summed E-state index contributed by atoms with van der Waals surface area (Å²) in [6.45, 7) is 0. The minimum absolute atomic E-state index is 0.374. The Balaban J connectivity index is 2.51. The average Bonchev–Trinajstić information content (AvgIpc) is 2.30. The van der Waals surface area contributed by atoms with Crippen molar-refractivity contribution in [3.05, 3.63) is 54.6 Å². The van der Waals surface area contributed by atoms with Gasteiger partial charge in [-0.2, -0.15) is 0 Å². The van der Waals surface area contributed by atoms with E-state index in [0.29, 0.717) is 13.1 Å². The van der Waals surface area contributed by atoms with E-state index in [9.17, 15) is 0 Å². The van der Waals surface area contributed by atoms with Gasteiger partial charge in [0.2, 0.25) is 0 Å². The first kappa shape index (κ1) is 9.97. The van der Waals surface area contributed by atoms with E-state index in [2.05, 4.69) is 62.6 Å². The van der Waals surface area contributed by atoms with Crippen molar-refractivity contribution >= 4 is 31.7 Å². The fraction of sp³-hybridized carbons (Fsp3) is 0. The van der Waals surface area contributed by atoms with Crippen LogP contribution in [0.15, 0.2) is 54.6 Å². The molecule has 0 saturated carbocycles. The van der Waals surface area contributed by atoms with Crippen molar-refractivity contribution < 1.29 is 0 Å². The third-order valence-electron chi connectivity index (χ3n) is 2.05. The molecule has 0 fully saturated rings. The van der Waals surface area contributed by atoms with Crippen LogP contribution in [0.2, 0.25) is 0 Å². The summed E-state index contributed by atoms with van der Waals surface area (Å²) in [7, 11) is 0. The van der Waals surface area contributed by atoms with Crippen molar-refractivity contribution in [2.45, 2.75) is 0 Å². The topological polar surface area (TPSA) is 0 Å². The maximum absolute atomic E-state index is 3.57. The Morgan fingerprint density at radius 1 is 0.786 bits per heavy atom. The second-order valence-electron chi connectivity index (χ2n) is 2.94. The van der Waals surface area contributed by atoms with Gasteiger partial charge in [-0.15, -0.1) is 0 Å². The van der Waals surface area contributed by atoms with Gasteiger partial charge in [0.25, 0.3) is 0 Å². The molecule has 0 aliphatic heterocycles. The van der Waals surface area contributed by atoms with Gasteiger partial charge >= 0.3 is 97.4 Å². The molecule has 2 aromatic carbocycles. The van der Waals surface area contributed by atoms with Crippen LogP contribution in [0.25, 0.3) is 11.1 Å². The molecule has 0 amide bonds. The zero-order valence-electron chi connectivity index (χ0n) is 7.48. The van der Waals surface area contributed by atoms with Gasteiger partial charge in [0.05, 0.1) is 0 Å². The predicted molar refractivity (Wildman–Crippen MR) is 66.2 cm³/mol. The van der Waals surface area contributed by atoms with E-state index in [1.54, 1.807) is 0 Å². The molecule has 0 aliphatic carbocycles. The number of benzene rings is 2. The van der Waals surface area contributed by atoms with Crippen LogP contribution in [0.4, 0.5) is 0 Å². The molecule has 0 aliphatic rings. The Bertz CT molecular complexity index is 412. The molecule has 14 heavy (non-hydrogen) atoms. The predicted octanol–water partition coefficient (Wildman–Crippen LogP) is 2.99. The first-order valence-corrected chi connectivity index (χ1v) is 9.21. The second-order valence-corrected chi connectivity index (χ2v) is 5.87. The monoisotopic (exact) mass is 312 g/mol. The number of rotatable bonds is 2. The van der Waals surface area contributed by atoms with Crippen LogP contribution in [0, 0.1) is 0 Å². The van der Waals surface area contributed by atoms with Crippen LogP contribution in [0.3, 0.4) is 0 Å². The van der Waals surface area contributed by atoms with Crippen LogP contribution < -0.4 is 4.46 Å². The van der Waals surface area contributed by atoms with Crippen molar-refractivity contribution in [3.8, 4) is 11.1 Å². The molecule has 70 valence electrons. The molecule has 0 heterocycles. The maximum atomic E-state index is 3.57. The van der Waals surface area contributed by atoms with Crippen molar-refractivity contribution in [2.75, 3.05) is 0 Å². The molecular formula is C12H9BrSe. The third kappa shape index (κ3) is 2.09. The van der Waals surface area contributed by atoms with Gasteiger partial charge in [-0.3, -0.25) is 0 Å². The van der Waals surface area contributed by atoms with Crippen LogP contribution in [0.1, 0.15) is 0 Å². The molecule has 0 bridgehead atoms. The second kappa shape index (κ2) is 4.79. The van der Waals surface area contributed by atoms with E-state index in [4.69, 9.17) is 0 Å². The quantitative estimate of drug-likeness (QED) is 0.748. The number of halogens is 1. The fourth-order valence-electron chi connectivity index (χ4n) is 1.39. The van der Waals surface area contributed by atoms with Crippen molar-refractivity contribution in [1.82, 2.24) is 0 Å².